The van der Waals surface area contributed by atoms with Crippen molar-refractivity contribution in [2.45, 2.75) is 38.5 Å². The van der Waals surface area contributed by atoms with E-state index in [0.29, 0.717) is 6.42 Å². The molecule has 0 aromatic heterocycles. The zero-order valence-corrected chi connectivity index (χ0v) is 12.7. The van der Waals surface area contributed by atoms with Crippen LogP contribution in [-0.4, -0.2) is 42.1 Å². The molecule has 21 heavy (non-hydrogen) atoms. The maximum Gasteiger partial charge on any atom is 0.237 e. The summed E-state index contributed by atoms with van der Waals surface area (Å²) in [4.78, 5) is 13.9. The number of amides is 1. The molecular formula is C15H22F2N2O2. The molecule has 3 unspecified atom stereocenters. The van der Waals surface area contributed by atoms with Crippen molar-refractivity contribution in [2.75, 3.05) is 14.1 Å². The summed E-state index contributed by atoms with van der Waals surface area (Å²) in [6.07, 6.45) is -0.476. The van der Waals surface area contributed by atoms with Crippen molar-refractivity contribution in [1.82, 2.24) is 10.2 Å². The van der Waals surface area contributed by atoms with Crippen molar-refractivity contribution in [1.29, 1.82) is 0 Å². The monoisotopic (exact) mass is 300 g/mol. The van der Waals surface area contributed by atoms with Crippen molar-refractivity contribution in [2.24, 2.45) is 0 Å². The first kappa shape index (κ1) is 17.5. The second-order valence-corrected chi connectivity index (χ2v) is 5.30. The van der Waals surface area contributed by atoms with E-state index >= 15 is 0 Å². The summed E-state index contributed by atoms with van der Waals surface area (Å²) in [5, 5.41) is 12.8. The minimum Gasteiger partial charge on any atom is -0.386 e. The highest BCUT2D eigenvalue weighted by atomic mass is 19.2. The Balaban J connectivity index is 2.76. The zero-order valence-electron chi connectivity index (χ0n) is 12.7. The van der Waals surface area contributed by atoms with Crippen LogP contribution in [0.2, 0.25) is 0 Å². The van der Waals surface area contributed by atoms with Gasteiger partial charge in [-0.25, -0.2) is 8.78 Å². The summed E-state index contributed by atoms with van der Waals surface area (Å²) in [5.74, 6) is -2.21. The molecule has 118 valence electrons. The van der Waals surface area contributed by atoms with Crippen LogP contribution in [0.4, 0.5) is 8.78 Å². The van der Waals surface area contributed by atoms with E-state index in [1.54, 1.807) is 25.9 Å². The molecule has 0 radical (unpaired) electrons. The van der Waals surface area contributed by atoms with Crippen LogP contribution in [0, 0.1) is 11.6 Å². The van der Waals surface area contributed by atoms with Crippen molar-refractivity contribution < 1.29 is 18.7 Å². The van der Waals surface area contributed by atoms with Crippen LogP contribution < -0.4 is 5.32 Å². The minimum atomic E-state index is -1.11. The highest BCUT2D eigenvalue weighted by Gasteiger charge is 2.24. The molecule has 1 amide bonds. The molecular weight excluding hydrogens is 278 g/mol. The second-order valence-electron chi connectivity index (χ2n) is 5.30. The normalized spacial score (nSPS) is 15.6. The van der Waals surface area contributed by atoms with Gasteiger partial charge in [-0.2, -0.15) is 0 Å². The van der Waals surface area contributed by atoms with Gasteiger partial charge in [-0.3, -0.25) is 9.69 Å². The van der Waals surface area contributed by atoms with Crippen LogP contribution in [0.1, 0.15) is 31.9 Å². The van der Waals surface area contributed by atoms with Crippen molar-refractivity contribution in [3.63, 3.8) is 0 Å². The number of nitrogens with zero attached hydrogens (tertiary/aromatic N) is 1. The lowest BCUT2D eigenvalue weighted by molar-refractivity contribution is -0.127. The van der Waals surface area contributed by atoms with Gasteiger partial charge in [-0.15, -0.1) is 0 Å². The molecule has 0 bridgehead atoms. The lowest BCUT2D eigenvalue weighted by Crippen LogP contribution is -2.47. The molecule has 6 heteroatoms. The summed E-state index contributed by atoms with van der Waals surface area (Å²) in [5.41, 5.74) is 0.222. The molecule has 0 heterocycles. The SMILES string of the molecule is CCC(C(=O)NC(C)C(O)c1ccc(F)c(F)c1)N(C)C. The zero-order chi connectivity index (χ0) is 16.2. The van der Waals surface area contributed by atoms with Crippen molar-refractivity contribution in [3.8, 4) is 0 Å². The number of halogens is 2. The van der Waals surface area contributed by atoms with Gasteiger partial charge < -0.3 is 10.4 Å². The fourth-order valence-electron chi connectivity index (χ4n) is 2.17. The van der Waals surface area contributed by atoms with E-state index in [9.17, 15) is 18.7 Å². The number of hydrogen-bond acceptors (Lipinski definition) is 3. The maximum atomic E-state index is 13.2. The van der Waals surface area contributed by atoms with E-state index < -0.39 is 23.8 Å². The smallest absolute Gasteiger partial charge is 0.237 e. The van der Waals surface area contributed by atoms with Crippen LogP contribution >= 0.6 is 0 Å². The highest BCUT2D eigenvalue weighted by Crippen LogP contribution is 2.19. The van der Waals surface area contributed by atoms with Gasteiger partial charge in [-0.1, -0.05) is 13.0 Å². The Labute approximate surface area is 123 Å². The lowest BCUT2D eigenvalue weighted by atomic mass is 10.0. The van der Waals surface area contributed by atoms with E-state index in [-0.39, 0.29) is 17.5 Å². The molecule has 0 fully saturated rings. The first-order valence-electron chi connectivity index (χ1n) is 6.87. The summed E-state index contributed by atoms with van der Waals surface area (Å²) >= 11 is 0. The Morgan fingerprint density at radius 3 is 2.43 bits per heavy atom. The minimum absolute atomic E-state index is 0.211. The van der Waals surface area contributed by atoms with Crippen LogP contribution in [0.5, 0.6) is 0 Å². The van der Waals surface area contributed by atoms with Gasteiger partial charge in [0.05, 0.1) is 18.2 Å². The number of hydrogen-bond donors (Lipinski definition) is 2. The van der Waals surface area contributed by atoms with Gasteiger partial charge in [0.1, 0.15) is 0 Å². The molecule has 0 saturated heterocycles. The molecule has 0 aliphatic heterocycles. The van der Waals surface area contributed by atoms with Crippen molar-refractivity contribution in [3.05, 3.63) is 35.4 Å². The summed E-state index contributed by atoms with van der Waals surface area (Å²) in [7, 11) is 3.59. The number of likely N-dealkylation sites (N-methyl/N-ethyl adjacent to an activating group) is 1. The predicted molar refractivity (Wildman–Crippen MR) is 76.7 cm³/mol. The van der Waals surface area contributed by atoms with Gasteiger partial charge in [0, 0.05) is 0 Å². The largest absolute Gasteiger partial charge is 0.386 e. The Hall–Kier alpha value is -1.53. The van der Waals surface area contributed by atoms with Gasteiger partial charge in [0.25, 0.3) is 0 Å². The molecule has 1 aromatic rings. The molecule has 3 atom stereocenters. The molecule has 4 nitrogen and oxygen atoms in total. The van der Waals surface area contributed by atoms with Gasteiger partial charge in [0.15, 0.2) is 11.6 Å². The first-order valence-corrected chi connectivity index (χ1v) is 6.87. The topological polar surface area (TPSA) is 52.6 Å². The predicted octanol–water partition coefficient (Wildman–Crippen LogP) is 1.84. The number of carbonyl (C=O) groups is 1. The van der Waals surface area contributed by atoms with Crippen LogP contribution in [0.25, 0.3) is 0 Å². The first-order chi connectivity index (χ1) is 9.77. The van der Waals surface area contributed by atoms with Crippen LogP contribution in [0.3, 0.4) is 0 Å². The van der Waals surface area contributed by atoms with Gasteiger partial charge in [-0.05, 0) is 45.1 Å². The van der Waals surface area contributed by atoms with Gasteiger partial charge >= 0.3 is 0 Å². The Morgan fingerprint density at radius 2 is 1.95 bits per heavy atom. The average Bonchev–Trinajstić information content (AvgIpc) is 2.41. The van der Waals surface area contributed by atoms with E-state index in [4.69, 9.17) is 0 Å². The summed E-state index contributed by atoms with van der Waals surface area (Å²) in [6, 6.07) is 2.28. The molecule has 0 spiro atoms. The third-order valence-corrected chi connectivity index (χ3v) is 3.44. The molecule has 0 aliphatic carbocycles. The summed E-state index contributed by atoms with van der Waals surface area (Å²) < 4.78 is 26.1. The Morgan fingerprint density at radius 1 is 1.33 bits per heavy atom. The Kier molecular flexibility index (Phi) is 6.23. The maximum absolute atomic E-state index is 13.2. The molecule has 2 N–H and O–H groups in total. The standard InChI is InChI=1S/C15H22F2N2O2/c1-5-13(19(3)4)15(21)18-9(2)14(20)10-6-7-11(16)12(17)8-10/h6-9,13-14,20H,5H2,1-4H3,(H,18,21). The molecule has 0 aliphatic rings. The number of aliphatic hydroxyl groups excluding tert-OH is 1. The fourth-order valence-corrected chi connectivity index (χ4v) is 2.17. The van der Waals surface area contributed by atoms with E-state index in [1.165, 1.54) is 6.07 Å². The van der Waals surface area contributed by atoms with Crippen LogP contribution in [0.15, 0.2) is 18.2 Å². The number of aliphatic hydroxyl groups is 1. The lowest BCUT2D eigenvalue weighted by Gasteiger charge is -2.26. The van der Waals surface area contributed by atoms with Gasteiger partial charge in [0.2, 0.25) is 5.91 Å². The number of nitrogens with one attached hydrogen (secondary N) is 1. The van der Waals surface area contributed by atoms with E-state index in [2.05, 4.69) is 5.32 Å². The number of benzene rings is 1. The average molecular weight is 300 g/mol. The second kappa shape index (κ2) is 7.47. The molecule has 1 aromatic carbocycles. The third kappa shape index (κ3) is 4.47. The summed E-state index contributed by atoms with van der Waals surface area (Å²) in [6.45, 7) is 3.51. The molecule has 0 saturated carbocycles. The Bertz CT molecular complexity index is 495. The van der Waals surface area contributed by atoms with Crippen LogP contribution in [-0.2, 0) is 4.79 Å². The highest BCUT2D eigenvalue weighted by molar-refractivity contribution is 5.81. The molecule has 1 rings (SSSR count). The number of carbonyl (C=O) groups excluding carboxylic acids is 1. The van der Waals surface area contributed by atoms with E-state index in [0.717, 1.165) is 12.1 Å². The van der Waals surface area contributed by atoms with Crippen molar-refractivity contribution >= 4 is 5.91 Å². The van der Waals surface area contributed by atoms with E-state index in [1.807, 2.05) is 6.92 Å². The number of rotatable bonds is 6. The third-order valence-electron chi connectivity index (χ3n) is 3.44. The fraction of sp³-hybridized carbons (Fsp3) is 0.533. The quantitative estimate of drug-likeness (QED) is 0.843.